The van der Waals surface area contributed by atoms with Crippen molar-refractivity contribution in [3.63, 3.8) is 0 Å². The first-order valence-electron chi connectivity index (χ1n) is 10.0. The van der Waals surface area contributed by atoms with E-state index in [9.17, 15) is 4.79 Å². The Balaban J connectivity index is 1.69. The van der Waals surface area contributed by atoms with Gasteiger partial charge in [0.2, 0.25) is 0 Å². The molecule has 4 rings (SSSR count). The van der Waals surface area contributed by atoms with Gasteiger partial charge in [0.15, 0.2) is 0 Å². The first kappa shape index (κ1) is 21.1. The number of rotatable bonds is 8. The highest BCUT2D eigenvalue weighted by Gasteiger charge is 2.22. The van der Waals surface area contributed by atoms with Crippen LogP contribution >= 0.6 is 0 Å². The lowest BCUT2D eigenvalue weighted by atomic mass is 10.1. The molecule has 1 N–H and O–H groups in total. The Hall–Kier alpha value is -4.10. The molecule has 0 radical (unpaired) electrons. The molecule has 1 heterocycles. The maximum absolute atomic E-state index is 13.1. The molecule has 4 aromatic rings. The third-order valence-corrected chi connectivity index (χ3v) is 4.89. The molecule has 0 aliphatic heterocycles. The Labute approximate surface area is 186 Å². The van der Waals surface area contributed by atoms with Gasteiger partial charge in [-0.2, -0.15) is 5.10 Å². The molecule has 0 fully saturated rings. The number of hydroxylamine groups is 1. The summed E-state index contributed by atoms with van der Waals surface area (Å²) in [5.41, 5.74) is 5.71. The van der Waals surface area contributed by atoms with Gasteiger partial charge in [0.1, 0.15) is 17.2 Å². The molecule has 7 nitrogen and oxygen atoms in total. The Bertz CT molecular complexity index is 1190. The van der Waals surface area contributed by atoms with Crippen molar-refractivity contribution in [1.29, 1.82) is 0 Å². The van der Waals surface area contributed by atoms with Crippen LogP contribution in [-0.2, 0) is 11.4 Å². The Morgan fingerprint density at radius 2 is 1.66 bits per heavy atom. The van der Waals surface area contributed by atoms with Crippen LogP contribution in [0, 0.1) is 0 Å². The highest BCUT2D eigenvalue weighted by Crippen LogP contribution is 2.35. The van der Waals surface area contributed by atoms with Crippen molar-refractivity contribution >= 4 is 5.91 Å². The lowest BCUT2D eigenvalue weighted by Crippen LogP contribution is -2.23. The predicted molar refractivity (Wildman–Crippen MR) is 121 cm³/mol. The van der Waals surface area contributed by atoms with Crippen LogP contribution < -0.4 is 15.0 Å². The SMILES string of the molecule is COc1ccc(OC)c(-c2nn(-c3ccccc3)cc2C(=O)NOCc2ccccc2)c1. The highest BCUT2D eigenvalue weighted by molar-refractivity contribution is 6.00. The third-order valence-electron chi connectivity index (χ3n) is 4.89. The van der Waals surface area contributed by atoms with Gasteiger partial charge in [-0.15, -0.1) is 0 Å². The van der Waals surface area contributed by atoms with Gasteiger partial charge in [-0.1, -0.05) is 48.5 Å². The maximum atomic E-state index is 13.1. The molecule has 3 aromatic carbocycles. The molecule has 1 aromatic heterocycles. The fourth-order valence-corrected chi connectivity index (χ4v) is 3.27. The van der Waals surface area contributed by atoms with Crippen molar-refractivity contribution in [2.75, 3.05) is 14.2 Å². The number of benzene rings is 3. The highest BCUT2D eigenvalue weighted by atomic mass is 16.6. The number of nitrogens with one attached hydrogen (secondary N) is 1. The number of para-hydroxylation sites is 1. The molecule has 32 heavy (non-hydrogen) atoms. The van der Waals surface area contributed by atoms with E-state index < -0.39 is 5.91 Å². The summed E-state index contributed by atoms with van der Waals surface area (Å²) in [5, 5.41) is 4.69. The van der Waals surface area contributed by atoms with Crippen molar-refractivity contribution < 1.29 is 19.1 Å². The summed E-state index contributed by atoms with van der Waals surface area (Å²) in [6, 6.07) is 24.5. The standard InChI is InChI=1S/C25H23N3O4/c1-30-20-13-14-23(31-2)21(15-20)24-22(16-28(26-24)19-11-7-4-8-12-19)25(29)27-32-17-18-9-5-3-6-10-18/h3-16H,17H2,1-2H3,(H,27,29). The number of carbonyl (C=O) groups is 1. The minimum Gasteiger partial charge on any atom is -0.497 e. The number of hydrogen-bond acceptors (Lipinski definition) is 5. The Morgan fingerprint density at radius 3 is 2.34 bits per heavy atom. The van der Waals surface area contributed by atoms with Crippen molar-refractivity contribution in [2.45, 2.75) is 6.61 Å². The summed E-state index contributed by atoms with van der Waals surface area (Å²) in [6.07, 6.45) is 1.67. The van der Waals surface area contributed by atoms with Crippen LogP contribution in [0.15, 0.2) is 85.1 Å². The number of amides is 1. The van der Waals surface area contributed by atoms with E-state index in [1.165, 1.54) is 0 Å². The van der Waals surface area contributed by atoms with E-state index in [0.717, 1.165) is 11.3 Å². The molecular formula is C25H23N3O4. The molecule has 0 aliphatic carbocycles. The summed E-state index contributed by atoms with van der Waals surface area (Å²) in [7, 11) is 3.15. The number of nitrogens with zero attached hydrogens (tertiary/aromatic N) is 2. The van der Waals surface area contributed by atoms with E-state index in [1.54, 1.807) is 43.3 Å². The average molecular weight is 429 g/mol. The normalized spacial score (nSPS) is 10.6. The van der Waals surface area contributed by atoms with Gasteiger partial charge >= 0.3 is 0 Å². The minimum absolute atomic E-state index is 0.247. The van der Waals surface area contributed by atoms with Gasteiger partial charge < -0.3 is 9.47 Å². The van der Waals surface area contributed by atoms with Crippen LogP contribution in [0.4, 0.5) is 0 Å². The topological polar surface area (TPSA) is 74.6 Å². The summed E-state index contributed by atoms with van der Waals surface area (Å²) in [4.78, 5) is 18.5. The quantitative estimate of drug-likeness (QED) is 0.420. The van der Waals surface area contributed by atoms with Crippen molar-refractivity contribution in [3.8, 4) is 28.4 Å². The summed E-state index contributed by atoms with van der Waals surface area (Å²) < 4.78 is 12.5. The zero-order valence-electron chi connectivity index (χ0n) is 17.8. The summed E-state index contributed by atoms with van der Waals surface area (Å²) in [6.45, 7) is 0.247. The fraction of sp³-hybridized carbons (Fsp3) is 0.120. The number of aromatic nitrogens is 2. The van der Waals surface area contributed by atoms with E-state index in [-0.39, 0.29) is 6.61 Å². The van der Waals surface area contributed by atoms with Crippen LogP contribution in [0.5, 0.6) is 11.5 Å². The molecule has 0 bridgehead atoms. The lowest BCUT2D eigenvalue weighted by molar-refractivity contribution is 0.0234. The minimum atomic E-state index is -0.414. The van der Waals surface area contributed by atoms with E-state index in [4.69, 9.17) is 14.3 Å². The van der Waals surface area contributed by atoms with Crippen LogP contribution in [-0.4, -0.2) is 29.9 Å². The van der Waals surface area contributed by atoms with Gasteiger partial charge in [-0.3, -0.25) is 9.63 Å². The Kier molecular flexibility index (Phi) is 6.48. The van der Waals surface area contributed by atoms with Crippen molar-refractivity contribution in [1.82, 2.24) is 15.3 Å². The zero-order valence-corrected chi connectivity index (χ0v) is 17.8. The molecular weight excluding hydrogens is 406 g/mol. The first-order valence-corrected chi connectivity index (χ1v) is 10.0. The fourth-order valence-electron chi connectivity index (χ4n) is 3.27. The lowest BCUT2D eigenvalue weighted by Gasteiger charge is -2.10. The second-order valence-corrected chi connectivity index (χ2v) is 6.94. The van der Waals surface area contributed by atoms with Gasteiger partial charge in [0.25, 0.3) is 5.91 Å². The number of hydrogen-bond donors (Lipinski definition) is 1. The molecule has 7 heteroatoms. The van der Waals surface area contributed by atoms with Crippen LogP contribution in [0.25, 0.3) is 16.9 Å². The monoisotopic (exact) mass is 429 g/mol. The molecule has 0 saturated heterocycles. The van der Waals surface area contributed by atoms with E-state index in [1.807, 2.05) is 60.7 Å². The third kappa shape index (κ3) is 4.63. The number of methoxy groups -OCH3 is 2. The first-order chi connectivity index (χ1) is 15.7. The summed E-state index contributed by atoms with van der Waals surface area (Å²) >= 11 is 0. The zero-order chi connectivity index (χ0) is 22.3. The van der Waals surface area contributed by atoms with E-state index in [2.05, 4.69) is 10.6 Å². The predicted octanol–water partition coefficient (Wildman–Crippen LogP) is 4.42. The molecule has 162 valence electrons. The van der Waals surface area contributed by atoms with Gasteiger partial charge in [-0.25, -0.2) is 10.2 Å². The van der Waals surface area contributed by atoms with Crippen molar-refractivity contribution in [3.05, 3.63) is 96.2 Å². The van der Waals surface area contributed by atoms with Gasteiger partial charge in [0, 0.05) is 11.8 Å². The molecule has 0 atom stereocenters. The summed E-state index contributed by atoms with van der Waals surface area (Å²) in [5.74, 6) is 0.785. The molecule has 0 unspecified atom stereocenters. The molecule has 0 saturated carbocycles. The smallest absolute Gasteiger partial charge is 0.278 e. The number of carbonyl (C=O) groups excluding carboxylic acids is 1. The molecule has 0 spiro atoms. The number of ether oxygens (including phenoxy) is 2. The molecule has 0 aliphatic rings. The molecule has 1 amide bonds. The van der Waals surface area contributed by atoms with Gasteiger partial charge in [0.05, 0.1) is 32.1 Å². The largest absolute Gasteiger partial charge is 0.497 e. The average Bonchev–Trinajstić information content (AvgIpc) is 3.30. The Morgan fingerprint density at radius 1 is 0.938 bits per heavy atom. The van der Waals surface area contributed by atoms with E-state index in [0.29, 0.717) is 28.3 Å². The second kappa shape index (κ2) is 9.80. The second-order valence-electron chi connectivity index (χ2n) is 6.94. The van der Waals surface area contributed by atoms with Crippen LogP contribution in [0.2, 0.25) is 0 Å². The van der Waals surface area contributed by atoms with E-state index >= 15 is 0 Å². The van der Waals surface area contributed by atoms with Gasteiger partial charge in [-0.05, 0) is 35.9 Å². The van der Waals surface area contributed by atoms with Crippen LogP contribution in [0.3, 0.4) is 0 Å². The maximum Gasteiger partial charge on any atom is 0.278 e. The van der Waals surface area contributed by atoms with Crippen molar-refractivity contribution in [2.24, 2.45) is 0 Å². The van der Waals surface area contributed by atoms with Crippen LogP contribution in [0.1, 0.15) is 15.9 Å².